The highest BCUT2D eigenvalue weighted by Gasteiger charge is 2.15. The Labute approximate surface area is 151 Å². The first-order valence-electron chi connectivity index (χ1n) is 6.85. The average molecular weight is 378 g/mol. The van der Waals surface area contributed by atoms with Crippen LogP contribution in [0.5, 0.6) is 5.75 Å². The third-order valence-electron chi connectivity index (χ3n) is 2.98. The number of hydrogen-bond acceptors (Lipinski definition) is 6. The van der Waals surface area contributed by atoms with Crippen LogP contribution in [0.25, 0.3) is 11.1 Å². The topological polar surface area (TPSA) is 64.1 Å². The monoisotopic (exact) mass is 377 g/mol. The van der Waals surface area contributed by atoms with E-state index < -0.39 is 0 Å². The molecule has 2 aromatic heterocycles. The van der Waals surface area contributed by atoms with Crippen molar-refractivity contribution in [2.75, 3.05) is 12.4 Å². The summed E-state index contributed by atoms with van der Waals surface area (Å²) >= 11 is 8.95. The molecule has 3 rings (SSSR count). The Hall–Kier alpha value is -2.22. The zero-order valence-electron chi connectivity index (χ0n) is 12.5. The Morgan fingerprint density at radius 3 is 2.62 bits per heavy atom. The fourth-order valence-electron chi connectivity index (χ4n) is 1.83. The zero-order chi connectivity index (χ0) is 16.9. The number of nitrogens with zero attached hydrogens (tertiary/aromatic N) is 2. The van der Waals surface area contributed by atoms with Gasteiger partial charge in [0.1, 0.15) is 5.75 Å². The van der Waals surface area contributed by atoms with E-state index in [2.05, 4.69) is 15.5 Å². The molecule has 1 amide bonds. The van der Waals surface area contributed by atoms with Gasteiger partial charge < -0.3 is 10.1 Å². The summed E-state index contributed by atoms with van der Waals surface area (Å²) in [7, 11) is 1.59. The molecule has 0 aliphatic carbocycles. The molecular formula is C16H12ClN3O2S2. The van der Waals surface area contributed by atoms with Gasteiger partial charge in [-0.25, -0.2) is 0 Å². The van der Waals surface area contributed by atoms with Gasteiger partial charge in [-0.1, -0.05) is 29.0 Å². The number of amides is 1. The number of benzene rings is 1. The highest BCUT2D eigenvalue weighted by Crippen LogP contribution is 2.27. The number of nitrogens with one attached hydrogen (secondary N) is 1. The summed E-state index contributed by atoms with van der Waals surface area (Å²) in [4.78, 5) is 13.2. The van der Waals surface area contributed by atoms with Gasteiger partial charge in [0.05, 0.1) is 12.1 Å². The number of aromatic nitrogens is 2. The quantitative estimate of drug-likeness (QED) is 0.705. The zero-order valence-corrected chi connectivity index (χ0v) is 14.9. The van der Waals surface area contributed by atoms with Gasteiger partial charge in [0, 0.05) is 10.6 Å². The van der Waals surface area contributed by atoms with Gasteiger partial charge >= 0.3 is 0 Å². The van der Waals surface area contributed by atoms with Crippen molar-refractivity contribution in [3.63, 3.8) is 0 Å². The summed E-state index contributed by atoms with van der Waals surface area (Å²) in [5, 5.41) is 13.8. The Morgan fingerprint density at radius 1 is 1.21 bits per heavy atom. The molecule has 0 radical (unpaired) electrons. The van der Waals surface area contributed by atoms with Crippen molar-refractivity contribution in [3.8, 4) is 5.75 Å². The molecule has 122 valence electrons. The van der Waals surface area contributed by atoms with E-state index in [1.165, 1.54) is 0 Å². The highest BCUT2D eigenvalue weighted by molar-refractivity contribution is 7.15. The van der Waals surface area contributed by atoms with Crippen molar-refractivity contribution < 1.29 is 9.53 Å². The second-order valence-corrected chi connectivity index (χ2v) is 6.97. The van der Waals surface area contributed by atoms with Gasteiger partial charge in [0.15, 0.2) is 5.01 Å². The minimum Gasteiger partial charge on any atom is -0.497 e. The lowest BCUT2D eigenvalue weighted by atomic mass is 10.3. The van der Waals surface area contributed by atoms with Crippen LogP contribution in [0.2, 0.25) is 0 Å². The van der Waals surface area contributed by atoms with Gasteiger partial charge in [-0.3, -0.25) is 4.79 Å². The van der Waals surface area contributed by atoms with Crippen molar-refractivity contribution in [1.29, 1.82) is 0 Å². The van der Waals surface area contributed by atoms with E-state index in [4.69, 9.17) is 16.3 Å². The van der Waals surface area contributed by atoms with Crippen molar-refractivity contribution in [2.24, 2.45) is 0 Å². The van der Waals surface area contributed by atoms with Gasteiger partial charge in [-0.15, -0.1) is 21.5 Å². The maximum Gasteiger partial charge on any atom is 0.286 e. The Bertz CT molecular complexity index is 858. The first-order chi connectivity index (χ1) is 11.7. The maximum absolute atomic E-state index is 12.2. The number of methoxy groups -OCH3 is 1. The number of carbonyl (C=O) groups is 1. The molecule has 5 nitrogen and oxygen atoms in total. The van der Waals surface area contributed by atoms with Crippen LogP contribution in [-0.4, -0.2) is 23.2 Å². The number of hydrogen-bond donors (Lipinski definition) is 1. The van der Waals surface area contributed by atoms with E-state index in [-0.39, 0.29) is 10.9 Å². The SMILES string of the molecule is COc1ccc(NC(=O)c2nnc(/C(Cl)=C/c3cccs3)s2)cc1. The fraction of sp³-hybridized carbons (Fsp3) is 0.0625. The summed E-state index contributed by atoms with van der Waals surface area (Å²) in [6.07, 6.45) is 1.80. The molecule has 0 spiro atoms. The van der Waals surface area contributed by atoms with Crippen molar-refractivity contribution in [3.05, 3.63) is 56.7 Å². The van der Waals surface area contributed by atoms with Crippen LogP contribution >= 0.6 is 34.3 Å². The molecule has 0 fully saturated rings. The predicted octanol–water partition coefficient (Wildman–Crippen LogP) is 4.60. The summed E-state index contributed by atoms with van der Waals surface area (Å²) < 4.78 is 5.08. The number of ether oxygens (including phenoxy) is 1. The molecule has 0 saturated heterocycles. The maximum atomic E-state index is 12.2. The number of thiophene rings is 1. The molecule has 2 heterocycles. The molecule has 0 unspecified atom stereocenters. The van der Waals surface area contributed by atoms with Crippen LogP contribution in [0.3, 0.4) is 0 Å². The first-order valence-corrected chi connectivity index (χ1v) is 8.93. The summed E-state index contributed by atoms with van der Waals surface area (Å²) in [5.74, 6) is 0.390. The largest absolute Gasteiger partial charge is 0.497 e. The van der Waals surface area contributed by atoms with Crippen LogP contribution in [0.1, 0.15) is 19.7 Å². The van der Waals surface area contributed by atoms with E-state index in [1.54, 1.807) is 48.8 Å². The van der Waals surface area contributed by atoms with Gasteiger partial charge in [-0.05, 0) is 41.8 Å². The third kappa shape index (κ3) is 4.00. The summed E-state index contributed by atoms with van der Waals surface area (Å²) in [6, 6.07) is 10.9. The normalized spacial score (nSPS) is 11.3. The molecule has 8 heteroatoms. The molecule has 0 bridgehead atoms. The molecule has 0 aliphatic heterocycles. The van der Waals surface area contributed by atoms with E-state index in [0.717, 1.165) is 22.0 Å². The lowest BCUT2D eigenvalue weighted by Gasteiger charge is -2.03. The molecule has 0 atom stereocenters. The standard InChI is InChI=1S/C16H12ClN3O2S2/c1-22-11-6-4-10(5-7-11)18-14(21)16-20-19-15(24-16)13(17)9-12-3-2-8-23-12/h2-9H,1H3,(H,18,21)/b13-9-. The molecule has 24 heavy (non-hydrogen) atoms. The van der Waals surface area contributed by atoms with E-state index in [9.17, 15) is 4.79 Å². The van der Waals surface area contributed by atoms with E-state index >= 15 is 0 Å². The fourth-order valence-corrected chi connectivity index (χ4v) is 3.47. The van der Waals surface area contributed by atoms with Gasteiger partial charge in [-0.2, -0.15) is 0 Å². The Morgan fingerprint density at radius 2 is 1.96 bits per heavy atom. The number of halogens is 1. The molecule has 1 N–H and O–H groups in total. The van der Waals surface area contributed by atoms with Crippen LogP contribution < -0.4 is 10.1 Å². The second-order valence-electron chi connectivity index (χ2n) is 4.60. The molecule has 0 aliphatic rings. The van der Waals surface area contributed by atoms with Crippen LogP contribution in [0.4, 0.5) is 5.69 Å². The minimum atomic E-state index is -0.329. The van der Waals surface area contributed by atoms with Gasteiger partial charge in [0.25, 0.3) is 5.91 Å². The van der Waals surface area contributed by atoms with Crippen LogP contribution in [0.15, 0.2) is 41.8 Å². The number of anilines is 1. The summed E-state index contributed by atoms with van der Waals surface area (Å²) in [6.45, 7) is 0. The first kappa shape index (κ1) is 16.6. The molecular weight excluding hydrogens is 366 g/mol. The van der Waals surface area contributed by atoms with Crippen molar-refractivity contribution in [1.82, 2.24) is 10.2 Å². The van der Waals surface area contributed by atoms with Gasteiger partial charge in [0.2, 0.25) is 5.01 Å². The lowest BCUT2D eigenvalue weighted by molar-refractivity contribution is 0.102. The summed E-state index contributed by atoms with van der Waals surface area (Å²) in [5.41, 5.74) is 0.651. The minimum absolute atomic E-state index is 0.249. The predicted molar refractivity (Wildman–Crippen MR) is 98.9 cm³/mol. The Balaban J connectivity index is 1.71. The second kappa shape index (κ2) is 7.57. The van der Waals surface area contributed by atoms with E-state index in [0.29, 0.717) is 15.7 Å². The lowest BCUT2D eigenvalue weighted by Crippen LogP contribution is -2.11. The number of rotatable bonds is 5. The molecule has 1 aromatic carbocycles. The third-order valence-corrected chi connectivity index (χ3v) is 5.16. The van der Waals surface area contributed by atoms with Crippen molar-refractivity contribution >= 4 is 57.0 Å². The molecule has 3 aromatic rings. The smallest absolute Gasteiger partial charge is 0.286 e. The highest BCUT2D eigenvalue weighted by atomic mass is 35.5. The van der Waals surface area contributed by atoms with Crippen molar-refractivity contribution in [2.45, 2.75) is 0 Å². The number of carbonyl (C=O) groups excluding carboxylic acids is 1. The van der Waals surface area contributed by atoms with E-state index in [1.807, 2.05) is 17.5 Å². The molecule has 0 saturated carbocycles. The van der Waals surface area contributed by atoms with Crippen LogP contribution in [0, 0.1) is 0 Å². The average Bonchev–Trinajstić information content (AvgIpc) is 3.27. The Kier molecular flexibility index (Phi) is 5.24. The van der Waals surface area contributed by atoms with Crippen LogP contribution in [-0.2, 0) is 0 Å².